The molecule has 2 aliphatic rings. The van der Waals surface area contributed by atoms with Gasteiger partial charge in [-0.05, 0) is 57.2 Å². The summed E-state index contributed by atoms with van der Waals surface area (Å²) in [5, 5.41) is 12.3. The summed E-state index contributed by atoms with van der Waals surface area (Å²) in [6, 6.07) is 19.8. The maximum atomic E-state index is 12.8. The van der Waals surface area contributed by atoms with Crippen molar-refractivity contribution in [2.24, 2.45) is 0 Å². The molecule has 0 spiro atoms. The molecule has 8 heteroatoms. The summed E-state index contributed by atoms with van der Waals surface area (Å²) in [7, 11) is 1.70. The molecule has 204 valence electrons. The number of rotatable bonds is 6. The standard InChI is InChI=1S/C31H35N3O5/c1-30(2,3)33-29(37)39-31(16-8-17-31)22-13-11-21(12-14-22)26-23(20-9-6-5-7-10-20)19-24-27(32-26)38-25(15-18-35)28(36)34(24)4/h5-7,9-14,19,25,35H,8,15-18H2,1-4H3,(H,33,37). The molecular weight excluding hydrogens is 494 g/mol. The van der Waals surface area contributed by atoms with Gasteiger partial charge < -0.3 is 24.8 Å². The Morgan fingerprint density at radius 1 is 1.13 bits per heavy atom. The number of nitrogens with zero attached hydrogens (tertiary/aromatic N) is 2. The molecule has 0 bridgehead atoms. The third-order valence-corrected chi connectivity index (χ3v) is 7.28. The average Bonchev–Trinajstić information content (AvgIpc) is 2.88. The highest BCUT2D eigenvalue weighted by atomic mass is 16.6. The van der Waals surface area contributed by atoms with Gasteiger partial charge >= 0.3 is 6.09 Å². The number of carbonyl (C=O) groups is 2. The fourth-order valence-electron chi connectivity index (χ4n) is 5.08. The van der Waals surface area contributed by atoms with Gasteiger partial charge in [0, 0.05) is 36.7 Å². The lowest BCUT2D eigenvalue weighted by molar-refractivity contribution is -0.126. The van der Waals surface area contributed by atoms with Crippen molar-refractivity contribution in [3.63, 3.8) is 0 Å². The summed E-state index contributed by atoms with van der Waals surface area (Å²) in [5.41, 5.74) is 3.93. The quantitative estimate of drug-likeness (QED) is 0.442. The van der Waals surface area contributed by atoms with Gasteiger partial charge in [0.1, 0.15) is 11.3 Å². The number of fused-ring (bicyclic) bond motifs is 1. The van der Waals surface area contributed by atoms with Gasteiger partial charge in [0.05, 0.1) is 5.69 Å². The molecule has 0 radical (unpaired) electrons. The van der Waals surface area contributed by atoms with Gasteiger partial charge in [0.15, 0.2) is 6.10 Å². The van der Waals surface area contributed by atoms with E-state index in [1.54, 1.807) is 11.9 Å². The summed E-state index contributed by atoms with van der Waals surface area (Å²) in [5.74, 6) is 0.141. The third-order valence-electron chi connectivity index (χ3n) is 7.28. The molecule has 1 fully saturated rings. The molecule has 1 aromatic heterocycles. The molecule has 0 saturated heterocycles. The summed E-state index contributed by atoms with van der Waals surface area (Å²) >= 11 is 0. The van der Waals surface area contributed by atoms with E-state index in [0.717, 1.165) is 41.5 Å². The minimum absolute atomic E-state index is 0.159. The minimum atomic E-state index is -0.785. The number of hydrogen-bond donors (Lipinski definition) is 2. The first kappa shape index (κ1) is 26.7. The average molecular weight is 530 g/mol. The van der Waals surface area contributed by atoms with Crippen LogP contribution in [0.1, 0.15) is 52.0 Å². The Hall–Kier alpha value is -3.91. The fraction of sp³-hybridized carbons (Fsp3) is 0.387. The zero-order valence-electron chi connectivity index (χ0n) is 22.9. The topological polar surface area (TPSA) is 101 Å². The van der Waals surface area contributed by atoms with Crippen molar-refractivity contribution in [3.8, 4) is 28.3 Å². The van der Waals surface area contributed by atoms with E-state index in [9.17, 15) is 14.7 Å². The number of carbonyl (C=O) groups excluding carboxylic acids is 2. The van der Waals surface area contributed by atoms with Gasteiger partial charge in [-0.1, -0.05) is 54.6 Å². The molecular formula is C31H35N3O5. The molecule has 1 saturated carbocycles. The molecule has 1 aliphatic carbocycles. The van der Waals surface area contributed by atoms with Gasteiger partial charge in [-0.3, -0.25) is 4.79 Å². The van der Waals surface area contributed by atoms with E-state index in [0.29, 0.717) is 17.3 Å². The van der Waals surface area contributed by atoms with Crippen LogP contribution in [0, 0.1) is 0 Å². The summed E-state index contributed by atoms with van der Waals surface area (Å²) in [6.45, 7) is 5.62. The van der Waals surface area contributed by atoms with Crippen molar-refractivity contribution in [1.29, 1.82) is 0 Å². The van der Waals surface area contributed by atoms with Crippen molar-refractivity contribution in [2.75, 3.05) is 18.6 Å². The predicted molar refractivity (Wildman–Crippen MR) is 150 cm³/mol. The van der Waals surface area contributed by atoms with Gasteiger partial charge in [0.2, 0.25) is 5.88 Å². The van der Waals surface area contributed by atoms with Crippen molar-refractivity contribution in [2.45, 2.75) is 63.7 Å². The highest BCUT2D eigenvalue weighted by molar-refractivity contribution is 6.00. The number of alkyl carbamates (subject to hydrolysis) is 1. The van der Waals surface area contributed by atoms with Gasteiger partial charge in [0.25, 0.3) is 5.91 Å². The van der Waals surface area contributed by atoms with E-state index in [1.165, 1.54) is 0 Å². The maximum Gasteiger partial charge on any atom is 0.408 e. The largest absolute Gasteiger partial charge is 0.463 e. The molecule has 5 rings (SSSR count). The normalized spacial score (nSPS) is 18.0. The van der Waals surface area contributed by atoms with Crippen LogP contribution in [-0.4, -0.2) is 47.4 Å². The van der Waals surface area contributed by atoms with Gasteiger partial charge in [-0.15, -0.1) is 0 Å². The number of nitrogens with one attached hydrogen (secondary N) is 1. The van der Waals surface area contributed by atoms with Gasteiger partial charge in [-0.2, -0.15) is 0 Å². The van der Waals surface area contributed by atoms with Crippen LogP contribution in [0.15, 0.2) is 60.7 Å². The van der Waals surface area contributed by atoms with Crippen LogP contribution < -0.4 is 15.0 Å². The molecule has 1 unspecified atom stereocenters. The lowest BCUT2D eigenvalue weighted by Gasteiger charge is -2.42. The van der Waals surface area contributed by atoms with Crippen LogP contribution in [0.2, 0.25) is 0 Å². The second-order valence-corrected chi connectivity index (χ2v) is 11.3. The Bertz CT molecular complexity index is 1360. The van der Waals surface area contributed by atoms with Crippen LogP contribution in [-0.2, 0) is 15.1 Å². The van der Waals surface area contributed by atoms with Crippen molar-refractivity contribution >= 4 is 17.7 Å². The molecule has 2 amide bonds. The molecule has 2 heterocycles. The van der Waals surface area contributed by atoms with Crippen LogP contribution in [0.4, 0.5) is 10.5 Å². The first-order valence-electron chi connectivity index (χ1n) is 13.4. The minimum Gasteiger partial charge on any atom is -0.463 e. The fourth-order valence-corrected chi connectivity index (χ4v) is 5.08. The Balaban J connectivity index is 1.52. The lowest BCUT2D eigenvalue weighted by atomic mass is 9.74. The van der Waals surface area contributed by atoms with E-state index in [-0.39, 0.29) is 24.5 Å². The number of likely N-dealkylation sites (N-methyl/N-ethyl adjacent to an activating group) is 1. The summed E-state index contributed by atoms with van der Waals surface area (Å²) < 4.78 is 11.9. The van der Waals surface area contributed by atoms with Crippen molar-refractivity contribution in [1.82, 2.24) is 10.3 Å². The lowest BCUT2D eigenvalue weighted by Crippen LogP contribution is -2.47. The van der Waals surface area contributed by atoms with Crippen molar-refractivity contribution < 1.29 is 24.2 Å². The highest BCUT2D eigenvalue weighted by Crippen LogP contribution is 2.46. The predicted octanol–water partition coefficient (Wildman–Crippen LogP) is 5.43. The number of aliphatic hydroxyl groups is 1. The molecule has 3 aromatic rings. The third kappa shape index (κ3) is 5.34. The molecule has 8 nitrogen and oxygen atoms in total. The monoisotopic (exact) mass is 529 g/mol. The summed E-state index contributed by atoms with van der Waals surface area (Å²) in [4.78, 5) is 31.9. The maximum absolute atomic E-state index is 12.8. The number of aliphatic hydroxyl groups excluding tert-OH is 1. The Labute approximate surface area is 229 Å². The molecule has 2 N–H and O–H groups in total. The molecule has 2 aromatic carbocycles. The van der Waals surface area contributed by atoms with Crippen LogP contribution >= 0.6 is 0 Å². The van der Waals surface area contributed by atoms with E-state index in [2.05, 4.69) is 5.32 Å². The first-order chi connectivity index (χ1) is 18.6. The zero-order valence-corrected chi connectivity index (χ0v) is 22.9. The number of ether oxygens (including phenoxy) is 2. The van der Waals surface area contributed by atoms with E-state index in [1.807, 2.05) is 81.4 Å². The van der Waals surface area contributed by atoms with Crippen LogP contribution in [0.3, 0.4) is 0 Å². The number of anilines is 1. The second-order valence-electron chi connectivity index (χ2n) is 11.3. The summed E-state index contributed by atoms with van der Waals surface area (Å²) in [6.07, 6.45) is 1.54. The van der Waals surface area contributed by atoms with Crippen molar-refractivity contribution in [3.05, 3.63) is 66.2 Å². The van der Waals surface area contributed by atoms with Crippen LogP contribution in [0.25, 0.3) is 22.4 Å². The van der Waals surface area contributed by atoms with E-state index < -0.39 is 17.8 Å². The number of amides is 2. The SMILES string of the molecule is CN1C(=O)C(CCO)Oc2nc(-c3ccc(C4(OC(=O)NC(C)(C)C)CCC4)cc3)c(-c3ccccc3)cc21. The number of benzene rings is 2. The van der Waals surface area contributed by atoms with Gasteiger partial charge in [-0.25, -0.2) is 9.78 Å². The highest BCUT2D eigenvalue weighted by Gasteiger charge is 2.43. The zero-order chi connectivity index (χ0) is 27.8. The Kier molecular flexibility index (Phi) is 7.07. The molecule has 1 aliphatic heterocycles. The Morgan fingerprint density at radius 2 is 1.82 bits per heavy atom. The first-order valence-corrected chi connectivity index (χ1v) is 13.4. The molecule has 1 atom stereocenters. The van der Waals surface area contributed by atoms with E-state index >= 15 is 0 Å². The van der Waals surface area contributed by atoms with Crippen LogP contribution in [0.5, 0.6) is 5.88 Å². The number of aromatic nitrogens is 1. The van der Waals surface area contributed by atoms with E-state index in [4.69, 9.17) is 14.5 Å². The smallest absolute Gasteiger partial charge is 0.408 e. The number of hydrogen-bond acceptors (Lipinski definition) is 6. The number of pyridine rings is 1. The second kappa shape index (κ2) is 10.3. The molecule has 39 heavy (non-hydrogen) atoms. The Morgan fingerprint density at radius 3 is 2.41 bits per heavy atom.